The van der Waals surface area contributed by atoms with E-state index in [1.807, 2.05) is 0 Å². The molecule has 1 aliphatic rings. The van der Waals surface area contributed by atoms with Crippen molar-refractivity contribution in [3.05, 3.63) is 6.42 Å². The van der Waals surface area contributed by atoms with Crippen LogP contribution < -0.4 is 0 Å². The van der Waals surface area contributed by atoms with Gasteiger partial charge in [-0.3, -0.25) is 0 Å². The third-order valence-electron chi connectivity index (χ3n) is 2.05. The number of halogens is 1. The van der Waals surface area contributed by atoms with E-state index in [4.69, 9.17) is 0 Å². The van der Waals surface area contributed by atoms with Crippen LogP contribution in [0.5, 0.6) is 0 Å². The van der Waals surface area contributed by atoms with Crippen molar-refractivity contribution in [3.8, 4) is 0 Å². The van der Waals surface area contributed by atoms with Gasteiger partial charge >= 0.3 is 0 Å². The fraction of sp³-hybridized carbons (Fsp3) is 0.875. The Labute approximate surface area is 94.3 Å². The van der Waals surface area contributed by atoms with Crippen molar-refractivity contribution in [2.45, 2.75) is 39.5 Å². The molecule has 0 aliphatic heterocycles. The molecule has 0 nitrogen and oxygen atoms in total. The molecular weight excluding hydrogens is 288 g/mol. The summed E-state index contributed by atoms with van der Waals surface area (Å²) in [6.45, 7) is 4.72. The summed E-state index contributed by atoms with van der Waals surface area (Å²) in [5.74, 6) is 0. The number of hydrogen-bond acceptors (Lipinski definition) is 0. The van der Waals surface area contributed by atoms with E-state index >= 15 is 0 Å². The Morgan fingerprint density at radius 3 is 1.70 bits per heavy atom. The van der Waals surface area contributed by atoms with Crippen LogP contribution in [0, 0.1) is 11.8 Å². The first-order valence-electron chi connectivity index (χ1n) is 3.52. The fourth-order valence-electron chi connectivity index (χ4n) is 1.25. The molecule has 0 saturated heterocycles. The van der Waals surface area contributed by atoms with Gasteiger partial charge in [-0.2, -0.15) is 12.8 Å². The van der Waals surface area contributed by atoms with E-state index in [-0.39, 0.29) is 43.5 Å². The number of hydrogen-bond donors (Lipinski definition) is 0. The van der Waals surface area contributed by atoms with Crippen molar-refractivity contribution in [2.24, 2.45) is 5.41 Å². The van der Waals surface area contributed by atoms with Gasteiger partial charge < -0.3 is 6.42 Å². The molecule has 58 valence electrons. The first kappa shape index (κ1) is 13.9. The minimum Gasteiger partial charge on any atom is -0.328 e. The van der Waals surface area contributed by atoms with Crippen LogP contribution in [0.15, 0.2) is 0 Å². The van der Waals surface area contributed by atoms with E-state index in [0.29, 0.717) is 5.41 Å². The van der Waals surface area contributed by atoms with E-state index in [2.05, 4.69) is 20.3 Å². The Morgan fingerprint density at radius 2 is 1.50 bits per heavy atom. The Hall–Kier alpha value is 1.35. The van der Waals surface area contributed by atoms with Crippen molar-refractivity contribution in [3.63, 3.8) is 0 Å². The van der Waals surface area contributed by atoms with E-state index in [1.165, 1.54) is 25.7 Å². The summed E-state index contributed by atoms with van der Waals surface area (Å²) in [5, 5.41) is 0. The van der Waals surface area contributed by atoms with Crippen LogP contribution in [0.2, 0.25) is 0 Å². The summed E-state index contributed by atoms with van der Waals surface area (Å²) in [4.78, 5) is 0. The molecule has 1 fully saturated rings. The molecule has 0 aromatic carbocycles. The van der Waals surface area contributed by atoms with Gasteiger partial charge in [-0.1, -0.05) is 26.7 Å². The van der Waals surface area contributed by atoms with Crippen LogP contribution in [-0.2, 0) is 19.5 Å². The van der Waals surface area contributed by atoms with Crippen molar-refractivity contribution < 1.29 is 19.5 Å². The molecule has 0 bridgehead atoms. The Bertz CT molecular complexity index is 73.3. The number of rotatable bonds is 0. The molecule has 0 radical (unpaired) electrons. The monoisotopic (exact) mass is 303 g/mol. The van der Waals surface area contributed by atoms with E-state index in [0.717, 1.165) is 0 Å². The molecule has 0 aromatic rings. The molecule has 0 unspecified atom stereocenters. The van der Waals surface area contributed by atoms with Gasteiger partial charge in [0.15, 0.2) is 0 Å². The van der Waals surface area contributed by atoms with Gasteiger partial charge in [0.2, 0.25) is 0 Å². The van der Waals surface area contributed by atoms with E-state index in [1.54, 1.807) is 0 Å². The zero-order valence-corrected chi connectivity index (χ0v) is 12.3. The Balaban J connectivity index is 0. The second-order valence-corrected chi connectivity index (χ2v) is 3.53. The summed E-state index contributed by atoms with van der Waals surface area (Å²) in [7, 11) is 0. The predicted octanol–water partition coefficient (Wildman–Crippen LogP) is 3.41. The van der Waals surface area contributed by atoms with Gasteiger partial charge in [-0.25, -0.2) is 0 Å². The van der Waals surface area contributed by atoms with Gasteiger partial charge in [-0.15, -0.1) is 24.0 Å². The quantitative estimate of drug-likeness (QED) is 0.365. The van der Waals surface area contributed by atoms with Gasteiger partial charge in [0.25, 0.3) is 0 Å². The minimum absolute atomic E-state index is 0. The molecule has 0 spiro atoms. The van der Waals surface area contributed by atoms with Crippen molar-refractivity contribution in [2.75, 3.05) is 0 Å². The van der Waals surface area contributed by atoms with Gasteiger partial charge in [0.1, 0.15) is 0 Å². The molecule has 10 heavy (non-hydrogen) atoms. The average Bonchev–Trinajstić information content (AvgIpc) is 1.65. The smallest absolute Gasteiger partial charge is 0 e. The van der Waals surface area contributed by atoms with Crippen LogP contribution in [0.25, 0.3) is 0 Å². The first-order valence-corrected chi connectivity index (χ1v) is 3.52. The maximum Gasteiger partial charge on any atom is 0 e. The Morgan fingerprint density at radius 1 is 1.10 bits per heavy atom. The average molecular weight is 305 g/mol. The molecule has 1 aliphatic carbocycles. The normalized spacial score (nSPS) is 22.2. The van der Waals surface area contributed by atoms with Crippen molar-refractivity contribution >= 4 is 24.0 Å². The second-order valence-electron chi connectivity index (χ2n) is 3.53. The Kier molecular flexibility index (Phi) is 8.26. The third kappa shape index (κ3) is 5.06. The SMILES string of the molecule is CC1(C)CC[CH-]CC1.I.[Zn]. The predicted molar refractivity (Wildman–Crippen MR) is 52.0 cm³/mol. The summed E-state index contributed by atoms with van der Waals surface area (Å²) < 4.78 is 0. The molecule has 0 atom stereocenters. The van der Waals surface area contributed by atoms with Crippen molar-refractivity contribution in [1.82, 2.24) is 0 Å². The molecule has 0 heterocycles. The van der Waals surface area contributed by atoms with Crippen LogP contribution >= 0.6 is 24.0 Å². The summed E-state index contributed by atoms with van der Waals surface area (Å²) in [6.07, 6.45) is 7.88. The standard InChI is InChI=1S/C8H15.HI.Zn/c1-8(2)6-4-3-5-7-8;;/h3H,4-7H2,1-2H3;1H;/q-1;;. The van der Waals surface area contributed by atoms with Crippen molar-refractivity contribution in [1.29, 1.82) is 0 Å². The van der Waals surface area contributed by atoms with E-state index in [9.17, 15) is 0 Å². The molecule has 0 amide bonds. The first-order chi connectivity index (χ1) is 3.71. The zero-order chi connectivity index (χ0) is 6.04. The second kappa shape index (κ2) is 5.94. The maximum atomic E-state index is 2.41. The molecular formula is C8H16IZn-. The topological polar surface area (TPSA) is 0 Å². The van der Waals surface area contributed by atoms with Gasteiger partial charge in [0.05, 0.1) is 0 Å². The van der Waals surface area contributed by atoms with Crippen LogP contribution in [0.3, 0.4) is 0 Å². The summed E-state index contributed by atoms with van der Waals surface area (Å²) in [5.41, 5.74) is 0.648. The molecule has 0 aromatic heterocycles. The molecule has 2 heteroatoms. The minimum atomic E-state index is 0. The summed E-state index contributed by atoms with van der Waals surface area (Å²) >= 11 is 0. The maximum absolute atomic E-state index is 2.41. The van der Waals surface area contributed by atoms with Gasteiger partial charge in [0, 0.05) is 19.5 Å². The molecule has 0 N–H and O–H groups in total. The van der Waals surface area contributed by atoms with Crippen LogP contribution in [-0.4, -0.2) is 0 Å². The summed E-state index contributed by atoms with van der Waals surface area (Å²) in [6, 6.07) is 0. The molecule has 1 saturated carbocycles. The van der Waals surface area contributed by atoms with Crippen LogP contribution in [0.4, 0.5) is 0 Å². The largest absolute Gasteiger partial charge is 0.328 e. The van der Waals surface area contributed by atoms with Crippen LogP contribution in [0.1, 0.15) is 39.5 Å². The van der Waals surface area contributed by atoms with Gasteiger partial charge in [-0.05, 0) is 5.41 Å². The molecule has 1 rings (SSSR count). The fourth-order valence-corrected chi connectivity index (χ4v) is 1.25. The zero-order valence-electron chi connectivity index (χ0n) is 7.02. The van der Waals surface area contributed by atoms with E-state index < -0.39 is 0 Å². The third-order valence-corrected chi connectivity index (χ3v) is 2.05.